The molecule has 0 saturated carbocycles. The second kappa shape index (κ2) is 11.6. The van der Waals surface area contributed by atoms with E-state index in [2.05, 4.69) is 0 Å². The predicted octanol–water partition coefficient (Wildman–Crippen LogP) is -4.95. The van der Waals surface area contributed by atoms with E-state index in [9.17, 15) is 0 Å². The van der Waals surface area contributed by atoms with E-state index in [-0.39, 0.29) is 75.0 Å². The van der Waals surface area contributed by atoms with E-state index >= 15 is 0 Å². The van der Waals surface area contributed by atoms with Crippen LogP contribution < -0.4 is 29.6 Å². The average molecular weight is 269 g/mol. The summed E-state index contributed by atoms with van der Waals surface area (Å²) < 4.78 is 34.1. The first-order valence-electron chi connectivity index (χ1n) is 1.21. The van der Waals surface area contributed by atoms with Gasteiger partial charge in [0.25, 0.3) is 0 Å². The summed E-state index contributed by atoms with van der Waals surface area (Å²) in [6.45, 7) is 0. The minimum Gasteiger partial charge on any atom is -0.759 e. The largest absolute Gasteiger partial charge is 2.00 e. The Morgan fingerprint density at radius 2 is 1.09 bits per heavy atom. The van der Waals surface area contributed by atoms with Crippen LogP contribution in [0.4, 0.5) is 0 Å². The van der Waals surface area contributed by atoms with Gasteiger partial charge in [-0.3, -0.25) is 8.42 Å². The van der Waals surface area contributed by atoms with E-state index in [4.69, 9.17) is 32.8 Å². The van der Waals surface area contributed by atoms with Crippen molar-refractivity contribution in [3.8, 4) is 0 Å². The van der Waals surface area contributed by atoms with Gasteiger partial charge in [0.2, 0.25) is 0 Å². The number of rotatable bonds is 0. The van der Waals surface area contributed by atoms with Gasteiger partial charge in [0, 0.05) is 10.4 Å². The van der Waals surface area contributed by atoms with Crippen molar-refractivity contribution in [2.45, 2.75) is 0 Å². The van der Waals surface area contributed by atoms with Crippen LogP contribution in [0.5, 0.6) is 0 Å². The van der Waals surface area contributed by atoms with Crippen molar-refractivity contribution in [2.75, 3.05) is 0 Å². The predicted molar refractivity (Wildman–Crippen MR) is 26.6 cm³/mol. The first kappa shape index (κ1) is 22.9. The molecule has 0 aromatic rings. The Labute approximate surface area is 121 Å². The minimum atomic E-state index is -5.17. The van der Waals surface area contributed by atoms with Crippen molar-refractivity contribution in [1.82, 2.24) is 0 Å². The van der Waals surface area contributed by atoms with Crippen LogP contribution >= 0.6 is 0 Å². The molecule has 0 aliphatic carbocycles. The van der Waals surface area contributed by atoms with Crippen molar-refractivity contribution in [1.29, 1.82) is 0 Å². The zero-order chi connectivity index (χ0) is 8.08. The summed E-state index contributed by atoms with van der Waals surface area (Å²) >= 11 is 0. The van der Waals surface area contributed by atoms with Crippen LogP contribution in [-0.4, -0.2) is 68.1 Å². The molecule has 0 aromatic carbocycles. The van der Waals surface area contributed by atoms with Gasteiger partial charge in [-0.05, 0) is 0 Å². The first-order chi connectivity index (χ1) is 3.73. The fraction of sp³-hybridized carbons (Fsp3) is 0. The van der Waals surface area contributed by atoms with Crippen LogP contribution in [0.25, 0.3) is 0 Å². The molecule has 0 N–H and O–H groups in total. The van der Waals surface area contributed by atoms with Crippen LogP contribution in [0.2, 0.25) is 0 Å². The Bertz CT molecular complexity index is 161. The maximum absolute atomic E-state index is 8.52. The zero-order valence-electron chi connectivity index (χ0n) is 5.42. The molecule has 11 heavy (non-hydrogen) atoms. The molecule has 8 nitrogen and oxygen atoms in total. The molecule has 0 heterocycles. The maximum atomic E-state index is 8.52. The van der Waals surface area contributed by atoms with Gasteiger partial charge in [0.05, 0.1) is 5.09 Å². The summed E-state index contributed by atoms with van der Waals surface area (Å²) in [6, 6.07) is 0. The Balaban J connectivity index is -0.0000000383. The molecule has 0 aromatic heterocycles. The molecule has 11 heteroatoms. The Morgan fingerprint density at radius 3 is 1.09 bits per heavy atom. The van der Waals surface area contributed by atoms with Crippen LogP contribution in [-0.2, 0) is 10.4 Å². The standard InChI is InChI=1S/NO3.Na.H2O4S.Sr/c2-1(3)4;;1-5(2,3)4;/h;;(H2,1,2,3,4);/q-1;+1;;+2/p-2. The molecule has 0 radical (unpaired) electrons. The molecule has 0 spiro atoms. The van der Waals surface area contributed by atoms with Crippen molar-refractivity contribution in [3.05, 3.63) is 15.3 Å². The molecule has 0 amide bonds. The molecule has 0 bridgehead atoms. The maximum Gasteiger partial charge on any atom is 2.00 e. The fourth-order valence-electron chi connectivity index (χ4n) is 0. The normalized spacial score (nSPS) is 7.45. The Kier molecular flexibility index (Phi) is 24.0. The van der Waals surface area contributed by atoms with Crippen molar-refractivity contribution >= 4 is 55.9 Å². The number of nitrogens with zero attached hydrogens (tertiary/aromatic N) is 1. The zero-order valence-corrected chi connectivity index (χ0v) is 11.7. The van der Waals surface area contributed by atoms with Gasteiger partial charge in [0.1, 0.15) is 0 Å². The summed E-state index contributed by atoms with van der Waals surface area (Å²) in [7, 11) is -5.17. The number of hydrogen-bond acceptors (Lipinski definition) is 7. The molecule has 0 aliphatic rings. The second-order valence-corrected chi connectivity index (χ2v) is 1.45. The number of hydrogen-bond donors (Lipinski definition) is 0. The second-order valence-electron chi connectivity index (χ2n) is 0.632. The van der Waals surface area contributed by atoms with Crippen LogP contribution in [0, 0.1) is 15.3 Å². The SMILES string of the molecule is O=S(=O)([O-])[O-].O=[N+]([O-])[O-].[Na+].[Sr+2]. The van der Waals surface area contributed by atoms with E-state index in [1.807, 2.05) is 0 Å². The van der Waals surface area contributed by atoms with E-state index in [0.29, 0.717) is 0 Å². The summed E-state index contributed by atoms with van der Waals surface area (Å²) in [5.41, 5.74) is 0. The summed E-state index contributed by atoms with van der Waals surface area (Å²) in [4.78, 5) is 8.25. The van der Waals surface area contributed by atoms with Gasteiger partial charge in [-0.15, -0.1) is 0 Å². The smallest absolute Gasteiger partial charge is 0.759 e. The average Bonchev–Trinajstić information content (AvgIpc) is 1.19. The molecule has 0 saturated heterocycles. The summed E-state index contributed by atoms with van der Waals surface area (Å²) in [5, 5.41) is 14.8. The van der Waals surface area contributed by atoms with Crippen molar-refractivity contribution < 1.29 is 52.2 Å². The molecular weight excluding hydrogens is 269 g/mol. The quantitative estimate of drug-likeness (QED) is 0.140. The molecule has 0 fully saturated rings. The first-order valence-corrected chi connectivity index (χ1v) is 2.55. The molecule has 56 valence electrons. The van der Waals surface area contributed by atoms with Gasteiger partial charge in [-0.2, -0.15) is 0 Å². The monoisotopic (exact) mass is 269 g/mol. The van der Waals surface area contributed by atoms with Crippen molar-refractivity contribution in [2.24, 2.45) is 0 Å². The molecule has 0 rings (SSSR count). The van der Waals surface area contributed by atoms with Crippen LogP contribution in [0.15, 0.2) is 0 Å². The summed E-state index contributed by atoms with van der Waals surface area (Å²) in [6.07, 6.45) is 0. The van der Waals surface area contributed by atoms with Crippen LogP contribution in [0.3, 0.4) is 0 Å². The van der Waals surface area contributed by atoms with Gasteiger partial charge in [-0.1, -0.05) is 0 Å². The molecular formula is NNaO7SSr. The molecule has 0 atom stereocenters. The molecule has 0 unspecified atom stereocenters. The third kappa shape index (κ3) is 438. The van der Waals surface area contributed by atoms with Crippen LogP contribution in [0.1, 0.15) is 0 Å². The molecule has 0 aliphatic heterocycles. The van der Waals surface area contributed by atoms with E-state index < -0.39 is 15.5 Å². The minimum absolute atomic E-state index is 0. The third-order valence-corrected chi connectivity index (χ3v) is 0. The topological polar surface area (TPSA) is 146 Å². The van der Waals surface area contributed by atoms with E-state index in [1.165, 1.54) is 0 Å². The summed E-state index contributed by atoms with van der Waals surface area (Å²) in [5.74, 6) is 0. The Morgan fingerprint density at radius 1 is 1.09 bits per heavy atom. The fourth-order valence-corrected chi connectivity index (χ4v) is 0. The van der Waals surface area contributed by atoms with Gasteiger partial charge in [-0.25, -0.2) is 0 Å². The Hall–Kier alpha value is 1.55. The van der Waals surface area contributed by atoms with Gasteiger partial charge >= 0.3 is 75.0 Å². The van der Waals surface area contributed by atoms with Gasteiger partial charge in [0.15, 0.2) is 0 Å². The van der Waals surface area contributed by atoms with E-state index in [0.717, 1.165) is 0 Å². The van der Waals surface area contributed by atoms with Crippen molar-refractivity contribution in [3.63, 3.8) is 0 Å². The van der Waals surface area contributed by atoms with E-state index in [1.54, 1.807) is 0 Å². The van der Waals surface area contributed by atoms with Gasteiger partial charge < -0.3 is 24.4 Å². The third-order valence-electron chi connectivity index (χ3n) is 0.